The Morgan fingerprint density at radius 1 is 1.30 bits per heavy atom. The van der Waals surface area contributed by atoms with Crippen molar-refractivity contribution in [3.8, 4) is 0 Å². The van der Waals surface area contributed by atoms with E-state index in [1.807, 2.05) is 24.3 Å². The van der Waals surface area contributed by atoms with Gasteiger partial charge in [-0.25, -0.2) is 4.79 Å². The van der Waals surface area contributed by atoms with Gasteiger partial charge < -0.3 is 10.4 Å². The van der Waals surface area contributed by atoms with Crippen LogP contribution in [0.25, 0.3) is 0 Å². The maximum absolute atomic E-state index is 11.8. The van der Waals surface area contributed by atoms with Crippen LogP contribution in [0.2, 0.25) is 0 Å². The number of hydrogen-bond donors (Lipinski definition) is 2. The minimum Gasteiger partial charge on any atom is -0.478 e. The lowest BCUT2D eigenvalue weighted by atomic mass is 10.1. The topological polar surface area (TPSA) is 66.4 Å². The molecule has 0 atom stereocenters. The fraction of sp³-hybridized carbons (Fsp3) is 0.143. The first-order valence-corrected chi connectivity index (χ1v) is 7.58. The molecule has 0 radical (unpaired) electrons. The van der Waals surface area contributed by atoms with Gasteiger partial charge in [0, 0.05) is 10.9 Å². The van der Waals surface area contributed by atoms with Crippen LogP contribution >= 0.6 is 27.3 Å². The highest BCUT2D eigenvalue weighted by atomic mass is 79.9. The van der Waals surface area contributed by atoms with Gasteiger partial charge in [-0.05, 0) is 35.6 Å². The number of nitrogens with one attached hydrogen (secondary N) is 1. The molecule has 2 rings (SSSR count). The Kier molecular flexibility index (Phi) is 4.92. The molecule has 0 saturated carbocycles. The minimum atomic E-state index is -1.03. The van der Waals surface area contributed by atoms with Crippen LogP contribution < -0.4 is 5.32 Å². The second-order valence-electron chi connectivity index (χ2n) is 4.15. The smallest absolute Gasteiger partial charge is 0.338 e. The van der Waals surface area contributed by atoms with Gasteiger partial charge in [-0.1, -0.05) is 28.1 Å². The van der Waals surface area contributed by atoms with Crippen molar-refractivity contribution in [1.82, 2.24) is 0 Å². The predicted octanol–water partition coefficient (Wildman–Crippen LogP) is 3.78. The molecule has 0 saturated heterocycles. The van der Waals surface area contributed by atoms with Gasteiger partial charge >= 0.3 is 5.97 Å². The summed E-state index contributed by atoms with van der Waals surface area (Å²) in [7, 11) is 0. The number of thiophene rings is 1. The first-order chi connectivity index (χ1) is 9.56. The number of aryl methyl sites for hydroxylation is 1. The number of hydrogen-bond acceptors (Lipinski definition) is 3. The molecule has 2 aromatic rings. The van der Waals surface area contributed by atoms with E-state index in [2.05, 4.69) is 21.2 Å². The summed E-state index contributed by atoms with van der Waals surface area (Å²) in [6, 6.07) is 9.23. The van der Waals surface area contributed by atoms with Crippen LogP contribution in [0.5, 0.6) is 0 Å². The molecule has 0 aliphatic rings. The van der Waals surface area contributed by atoms with E-state index in [1.54, 1.807) is 5.38 Å². The molecule has 0 spiro atoms. The number of carboxylic acid groups (broad SMARTS) is 1. The Labute approximate surface area is 128 Å². The van der Waals surface area contributed by atoms with Gasteiger partial charge in [-0.2, -0.15) is 0 Å². The largest absolute Gasteiger partial charge is 0.478 e. The standard InChI is InChI=1S/C14H12BrNO3S/c15-10-3-1-2-9(8-10)4-5-12(17)16-13-11(14(18)19)6-7-20-13/h1-3,6-8H,4-5H2,(H,16,17)(H,18,19). The summed E-state index contributed by atoms with van der Waals surface area (Å²) in [5, 5.41) is 13.6. The summed E-state index contributed by atoms with van der Waals surface area (Å²) in [5.74, 6) is -1.22. The number of aromatic carboxylic acids is 1. The summed E-state index contributed by atoms with van der Waals surface area (Å²) in [5.41, 5.74) is 1.19. The molecule has 20 heavy (non-hydrogen) atoms. The molecule has 0 aliphatic carbocycles. The van der Waals surface area contributed by atoms with Crippen LogP contribution in [-0.2, 0) is 11.2 Å². The third-order valence-electron chi connectivity index (χ3n) is 2.68. The zero-order valence-electron chi connectivity index (χ0n) is 10.4. The third kappa shape index (κ3) is 3.91. The Bertz CT molecular complexity index is 639. The van der Waals surface area contributed by atoms with E-state index < -0.39 is 5.97 Å². The Morgan fingerprint density at radius 3 is 2.80 bits per heavy atom. The number of benzene rings is 1. The zero-order valence-corrected chi connectivity index (χ0v) is 12.8. The van der Waals surface area contributed by atoms with E-state index in [9.17, 15) is 9.59 Å². The SMILES string of the molecule is O=C(CCc1cccc(Br)c1)Nc1sccc1C(=O)O. The van der Waals surface area contributed by atoms with Crippen molar-refractivity contribution in [2.45, 2.75) is 12.8 Å². The maximum atomic E-state index is 11.8. The highest BCUT2D eigenvalue weighted by molar-refractivity contribution is 9.10. The van der Waals surface area contributed by atoms with Crippen molar-refractivity contribution in [1.29, 1.82) is 0 Å². The molecule has 1 aromatic carbocycles. The number of amides is 1. The van der Waals surface area contributed by atoms with E-state index in [0.717, 1.165) is 10.0 Å². The lowest BCUT2D eigenvalue weighted by Gasteiger charge is -2.05. The summed E-state index contributed by atoms with van der Waals surface area (Å²) < 4.78 is 0.974. The maximum Gasteiger partial charge on any atom is 0.338 e. The van der Waals surface area contributed by atoms with Crippen molar-refractivity contribution in [2.24, 2.45) is 0 Å². The molecule has 4 nitrogen and oxygen atoms in total. The van der Waals surface area contributed by atoms with Gasteiger partial charge in [0.2, 0.25) is 5.91 Å². The van der Waals surface area contributed by atoms with Gasteiger partial charge in [0.25, 0.3) is 0 Å². The van der Waals surface area contributed by atoms with Gasteiger partial charge in [-0.3, -0.25) is 4.79 Å². The molecule has 0 aliphatic heterocycles. The van der Waals surface area contributed by atoms with Crippen LogP contribution in [0.3, 0.4) is 0 Å². The fourth-order valence-electron chi connectivity index (χ4n) is 1.71. The van der Waals surface area contributed by atoms with Gasteiger partial charge in [0.05, 0.1) is 5.56 Å². The summed E-state index contributed by atoms with van der Waals surface area (Å²) in [6.45, 7) is 0. The van der Waals surface area contributed by atoms with Crippen molar-refractivity contribution in [2.75, 3.05) is 5.32 Å². The van der Waals surface area contributed by atoms with Crippen LogP contribution in [0.1, 0.15) is 22.3 Å². The minimum absolute atomic E-state index is 0.130. The molecule has 2 N–H and O–H groups in total. The van der Waals surface area contributed by atoms with Gasteiger partial charge in [-0.15, -0.1) is 11.3 Å². The fourth-order valence-corrected chi connectivity index (χ4v) is 2.96. The average molecular weight is 354 g/mol. The highest BCUT2D eigenvalue weighted by Crippen LogP contribution is 2.23. The predicted molar refractivity (Wildman–Crippen MR) is 82.4 cm³/mol. The second-order valence-corrected chi connectivity index (χ2v) is 5.98. The number of anilines is 1. The highest BCUT2D eigenvalue weighted by Gasteiger charge is 2.13. The molecular formula is C14H12BrNO3S. The average Bonchev–Trinajstić information content (AvgIpc) is 2.85. The van der Waals surface area contributed by atoms with Crippen molar-refractivity contribution in [3.05, 3.63) is 51.3 Å². The molecule has 0 fully saturated rings. The second kappa shape index (κ2) is 6.67. The van der Waals surface area contributed by atoms with Crippen LogP contribution in [-0.4, -0.2) is 17.0 Å². The number of carbonyl (C=O) groups excluding carboxylic acids is 1. The van der Waals surface area contributed by atoms with Crippen molar-refractivity contribution < 1.29 is 14.7 Å². The molecule has 0 bridgehead atoms. The Morgan fingerprint density at radius 2 is 2.10 bits per heavy atom. The molecule has 1 aromatic heterocycles. The summed E-state index contributed by atoms with van der Waals surface area (Å²) >= 11 is 4.59. The number of carboxylic acids is 1. The quantitative estimate of drug-likeness (QED) is 0.859. The molecule has 0 unspecified atom stereocenters. The molecule has 1 heterocycles. The van der Waals surface area contributed by atoms with Crippen LogP contribution in [0, 0.1) is 0 Å². The van der Waals surface area contributed by atoms with Crippen LogP contribution in [0.15, 0.2) is 40.2 Å². The Hall–Kier alpha value is -1.66. The van der Waals surface area contributed by atoms with E-state index in [-0.39, 0.29) is 11.5 Å². The first kappa shape index (κ1) is 14.7. The summed E-state index contributed by atoms with van der Waals surface area (Å²) in [6.07, 6.45) is 0.923. The summed E-state index contributed by atoms with van der Waals surface area (Å²) in [4.78, 5) is 22.8. The van der Waals surface area contributed by atoms with E-state index in [1.165, 1.54) is 17.4 Å². The molecular weight excluding hydrogens is 342 g/mol. The van der Waals surface area contributed by atoms with Crippen molar-refractivity contribution >= 4 is 44.1 Å². The Balaban J connectivity index is 1.93. The van der Waals surface area contributed by atoms with Crippen molar-refractivity contribution in [3.63, 3.8) is 0 Å². The lowest BCUT2D eigenvalue weighted by Crippen LogP contribution is -2.13. The monoisotopic (exact) mass is 353 g/mol. The van der Waals surface area contributed by atoms with Gasteiger partial charge in [0.15, 0.2) is 0 Å². The van der Waals surface area contributed by atoms with E-state index >= 15 is 0 Å². The van der Waals surface area contributed by atoms with E-state index in [4.69, 9.17) is 5.11 Å². The molecule has 1 amide bonds. The number of halogens is 1. The number of rotatable bonds is 5. The van der Waals surface area contributed by atoms with Gasteiger partial charge in [0.1, 0.15) is 5.00 Å². The number of carbonyl (C=O) groups is 2. The third-order valence-corrected chi connectivity index (χ3v) is 4.00. The lowest BCUT2D eigenvalue weighted by molar-refractivity contribution is -0.116. The first-order valence-electron chi connectivity index (χ1n) is 5.91. The van der Waals surface area contributed by atoms with Crippen LogP contribution in [0.4, 0.5) is 5.00 Å². The van der Waals surface area contributed by atoms with E-state index in [0.29, 0.717) is 17.8 Å². The normalized spacial score (nSPS) is 10.2. The molecule has 6 heteroatoms. The molecule has 104 valence electrons. The zero-order chi connectivity index (χ0) is 14.5.